The number of esters is 2. The zero-order valence-electron chi connectivity index (χ0n) is 15.3. The van der Waals surface area contributed by atoms with Crippen molar-refractivity contribution in [2.45, 2.75) is 40.5 Å². The van der Waals surface area contributed by atoms with Crippen LogP contribution in [0.4, 0.5) is 0 Å². The van der Waals surface area contributed by atoms with Crippen molar-refractivity contribution in [3.8, 4) is 0 Å². The van der Waals surface area contributed by atoms with Crippen molar-refractivity contribution < 1.29 is 23.9 Å². The number of hydrogen-bond acceptors (Lipinski definition) is 5. The second-order valence-electron chi connectivity index (χ2n) is 6.51. The normalized spacial score (nSPS) is 17.3. The summed E-state index contributed by atoms with van der Waals surface area (Å²) < 4.78 is 10.2. The number of piperidine rings is 1. The maximum Gasteiger partial charge on any atom is 0.355 e. The Bertz CT molecular complexity index is 665. The highest BCUT2D eigenvalue weighted by Gasteiger charge is 2.26. The summed E-state index contributed by atoms with van der Waals surface area (Å²) in [7, 11) is 0. The smallest absolute Gasteiger partial charge is 0.355 e. The van der Waals surface area contributed by atoms with E-state index in [4.69, 9.17) is 9.47 Å². The van der Waals surface area contributed by atoms with Gasteiger partial charge in [-0.1, -0.05) is 6.92 Å². The Balaban J connectivity index is 2.00. The summed E-state index contributed by atoms with van der Waals surface area (Å²) >= 11 is 0. The maximum absolute atomic E-state index is 12.3. The fraction of sp³-hybridized carbons (Fsp3) is 0.611. The van der Waals surface area contributed by atoms with Gasteiger partial charge in [-0.25, -0.2) is 9.59 Å². The summed E-state index contributed by atoms with van der Waals surface area (Å²) in [5, 5.41) is 0. The monoisotopic (exact) mass is 350 g/mol. The molecule has 1 aromatic rings. The van der Waals surface area contributed by atoms with Crippen molar-refractivity contribution >= 4 is 17.8 Å². The van der Waals surface area contributed by atoms with Gasteiger partial charge in [0.25, 0.3) is 5.91 Å². The molecule has 7 nitrogen and oxygen atoms in total. The highest BCUT2D eigenvalue weighted by atomic mass is 16.5. The topological polar surface area (TPSA) is 88.7 Å². The number of hydrogen-bond donors (Lipinski definition) is 1. The molecule has 1 unspecified atom stereocenters. The molecule has 25 heavy (non-hydrogen) atoms. The minimum Gasteiger partial charge on any atom is -0.462 e. The van der Waals surface area contributed by atoms with E-state index in [0.29, 0.717) is 35.8 Å². The summed E-state index contributed by atoms with van der Waals surface area (Å²) in [5.41, 5.74) is 1.53. The van der Waals surface area contributed by atoms with E-state index in [0.717, 1.165) is 12.8 Å². The number of aromatic nitrogens is 1. The van der Waals surface area contributed by atoms with Crippen LogP contribution in [0.5, 0.6) is 0 Å². The average Bonchev–Trinajstić information content (AvgIpc) is 2.87. The van der Waals surface area contributed by atoms with E-state index in [2.05, 4.69) is 11.9 Å². The van der Waals surface area contributed by atoms with Crippen molar-refractivity contribution in [3.63, 3.8) is 0 Å². The predicted octanol–water partition coefficient (Wildman–Crippen LogP) is 2.22. The first-order valence-corrected chi connectivity index (χ1v) is 8.66. The number of H-pyrrole nitrogens is 1. The van der Waals surface area contributed by atoms with Crippen LogP contribution in [0.15, 0.2) is 0 Å². The number of ether oxygens (including phenoxy) is 2. The first kappa shape index (κ1) is 19.0. The fourth-order valence-corrected chi connectivity index (χ4v) is 3.17. The van der Waals surface area contributed by atoms with Gasteiger partial charge in [0.2, 0.25) is 0 Å². The summed E-state index contributed by atoms with van der Waals surface area (Å²) in [6.45, 7) is 8.53. The number of carbonyl (C=O) groups excluding carboxylic acids is 3. The minimum absolute atomic E-state index is 0.181. The highest BCUT2D eigenvalue weighted by Crippen LogP contribution is 2.20. The number of amides is 1. The Hall–Kier alpha value is -2.31. The SMILES string of the molecule is CCOC(=O)c1c(C)[nH]c(C(=O)OCC(=O)N2CCCC(C)C2)c1C. The Morgan fingerprint density at radius 1 is 1.20 bits per heavy atom. The third kappa shape index (κ3) is 4.41. The summed E-state index contributed by atoms with van der Waals surface area (Å²) in [4.78, 5) is 41.0. The van der Waals surface area contributed by atoms with Gasteiger partial charge in [-0.3, -0.25) is 4.79 Å². The molecule has 1 fully saturated rings. The van der Waals surface area contributed by atoms with Gasteiger partial charge < -0.3 is 19.4 Å². The minimum atomic E-state index is -0.644. The molecule has 1 N–H and O–H groups in total. The maximum atomic E-state index is 12.3. The van der Waals surface area contributed by atoms with Crippen LogP contribution in [0, 0.1) is 19.8 Å². The van der Waals surface area contributed by atoms with Crippen LogP contribution in [0.2, 0.25) is 0 Å². The van der Waals surface area contributed by atoms with E-state index in [9.17, 15) is 14.4 Å². The zero-order valence-corrected chi connectivity index (χ0v) is 15.3. The Kier molecular flexibility index (Phi) is 6.22. The number of likely N-dealkylation sites (tertiary alicyclic amines) is 1. The molecule has 0 saturated carbocycles. The molecule has 1 aliphatic rings. The third-order valence-electron chi connectivity index (χ3n) is 4.46. The largest absolute Gasteiger partial charge is 0.462 e. The van der Waals surface area contributed by atoms with E-state index in [-0.39, 0.29) is 24.8 Å². The van der Waals surface area contributed by atoms with E-state index in [1.54, 1.807) is 25.7 Å². The van der Waals surface area contributed by atoms with Crippen LogP contribution in [0.1, 0.15) is 58.8 Å². The molecular formula is C18H26N2O5. The molecular weight excluding hydrogens is 324 g/mol. The van der Waals surface area contributed by atoms with E-state index < -0.39 is 11.9 Å². The van der Waals surface area contributed by atoms with Crippen molar-refractivity contribution in [3.05, 3.63) is 22.5 Å². The van der Waals surface area contributed by atoms with E-state index in [1.807, 2.05) is 0 Å². The first-order chi connectivity index (χ1) is 11.8. The van der Waals surface area contributed by atoms with Crippen molar-refractivity contribution in [2.24, 2.45) is 5.92 Å². The van der Waals surface area contributed by atoms with Crippen LogP contribution < -0.4 is 0 Å². The van der Waals surface area contributed by atoms with Gasteiger partial charge in [-0.2, -0.15) is 0 Å². The number of carbonyl (C=O) groups is 3. The lowest BCUT2D eigenvalue weighted by Gasteiger charge is -2.30. The van der Waals surface area contributed by atoms with Crippen LogP contribution >= 0.6 is 0 Å². The summed E-state index contributed by atoms with van der Waals surface area (Å²) in [5.74, 6) is -0.846. The van der Waals surface area contributed by atoms with Gasteiger partial charge in [0.15, 0.2) is 6.61 Å². The molecule has 7 heteroatoms. The zero-order chi connectivity index (χ0) is 18.6. The van der Waals surface area contributed by atoms with E-state index >= 15 is 0 Å². The second-order valence-corrected chi connectivity index (χ2v) is 6.51. The third-order valence-corrected chi connectivity index (χ3v) is 4.46. The number of nitrogens with zero attached hydrogens (tertiary/aromatic N) is 1. The lowest BCUT2D eigenvalue weighted by Crippen LogP contribution is -2.41. The number of nitrogens with one attached hydrogen (secondary N) is 1. The van der Waals surface area contributed by atoms with Crippen LogP contribution in [-0.4, -0.2) is 54.0 Å². The van der Waals surface area contributed by atoms with Gasteiger partial charge in [-0.15, -0.1) is 0 Å². The molecule has 138 valence electrons. The molecule has 2 heterocycles. The number of aryl methyl sites for hydroxylation is 1. The van der Waals surface area contributed by atoms with Gasteiger partial charge in [0.05, 0.1) is 12.2 Å². The fourth-order valence-electron chi connectivity index (χ4n) is 3.17. The van der Waals surface area contributed by atoms with Gasteiger partial charge in [-0.05, 0) is 45.1 Å². The number of rotatable bonds is 5. The van der Waals surface area contributed by atoms with E-state index in [1.165, 1.54) is 0 Å². The molecule has 0 aliphatic carbocycles. The molecule has 1 amide bonds. The van der Waals surface area contributed by atoms with Crippen molar-refractivity contribution in [1.29, 1.82) is 0 Å². The molecule has 1 aliphatic heterocycles. The first-order valence-electron chi connectivity index (χ1n) is 8.66. The predicted molar refractivity (Wildman–Crippen MR) is 91.5 cm³/mol. The molecule has 1 saturated heterocycles. The summed E-state index contributed by atoms with van der Waals surface area (Å²) in [6, 6.07) is 0. The molecule has 1 atom stereocenters. The number of aromatic amines is 1. The Morgan fingerprint density at radius 3 is 2.56 bits per heavy atom. The summed E-state index contributed by atoms with van der Waals surface area (Å²) in [6.07, 6.45) is 2.08. The molecule has 0 aromatic carbocycles. The van der Waals surface area contributed by atoms with Gasteiger partial charge in [0, 0.05) is 18.8 Å². The van der Waals surface area contributed by atoms with Crippen LogP contribution in [0.3, 0.4) is 0 Å². The highest BCUT2D eigenvalue weighted by molar-refractivity contribution is 5.99. The van der Waals surface area contributed by atoms with Gasteiger partial charge >= 0.3 is 11.9 Å². The van der Waals surface area contributed by atoms with Crippen molar-refractivity contribution in [1.82, 2.24) is 9.88 Å². The standard InChI is InChI=1S/C18H26N2O5/c1-5-24-17(22)15-12(3)16(19-13(15)4)18(23)25-10-14(21)20-8-6-7-11(2)9-20/h11,19H,5-10H2,1-4H3. The van der Waals surface area contributed by atoms with Crippen LogP contribution in [0.25, 0.3) is 0 Å². The molecule has 0 spiro atoms. The lowest BCUT2D eigenvalue weighted by atomic mass is 10.0. The van der Waals surface area contributed by atoms with Gasteiger partial charge in [0.1, 0.15) is 5.69 Å². The average molecular weight is 350 g/mol. The van der Waals surface area contributed by atoms with Crippen molar-refractivity contribution in [2.75, 3.05) is 26.3 Å². The molecule has 0 bridgehead atoms. The molecule has 0 radical (unpaired) electrons. The quantitative estimate of drug-likeness (QED) is 0.823. The Morgan fingerprint density at radius 2 is 1.92 bits per heavy atom. The lowest BCUT2D eigenvalue weighted by molar-refractivity contribution is -0.136. The molecule has 1 aromatic heterocycles. The second kappa shape index (κ2) is 8.18. The van der Waals surface area contributed by atoms with Crippen LogP contribution in [-0.2, 0) is 14.3 Å². The Labute approximate surface area is 147 Å². The molecule has 2 rings (SSSR count).